The summed E-state index contributed by atoms with van der Waals surface area (Å²) in [6.07, 6.45) is 0.695. The van der Waals surface area contributed by atoms with Gasteiger partial charge in [-0.25, -0.2) is 4.98 Å². The van der Waals surface area contributed by atoms with Crippen LogP contribution in [-0.4, -0.2) is 31.7 Å². The lowest BCUT2D eigenvalue weighted by atomic mass is 10.1. The summed E-state index contributed by atoms with van der Waals surface area (Å²) in [7, 11) is 3.21. The molecule has 0 atom stereocenters. The molecule has 0 saturated carbocycles. The highest BCUT2D eigenvalue weighted by molar-refractivity contribution is 7.07. The van der Waals surface area contributed by atoms with Crippen LogP contribution in [0.4, 0.5) is 0 Å². The highest BCUT2D eigenvalue weighted by Crippen LogP contribution is 2.27. The minimum atomic E-state index is -0.119. The molecule has 0 aliphatic carbocycles. The fourth-order valence-corrected chi connectivity index (χ4v) is 3.17. The van der Waals surface area contributed by atoms with Crippen LogP contribution in [0.3, 0.4) is 0 Å². The Morgan fingerprint density at radius 1 is 1.07 bits per heavy atom. The highest BCUT2D eigenvalue weighted by Gasteiger charge is 2.08. The third-order valence-electron chi connectivity index (χ3n) is 4.13. The number of carbonyl (C=O) groups excluding carboxylic acids is 1. The van der Waals surface area contributed by atoms with E-state index in [4.69, 9.17) is 14.2 Å². The van der Waals surface area contributed by atoms with Gasteiger partial charge in [-0.15, -0.1) is 11.3 Å². The van der Waals surface area contributed by atoms with Crippen molar-refractivity contribution in [2.24, 2.45) is 0 Å². The fourth-order valence-electron chi connectivity index (χ4n) is 2.63. The van der Waals surface area contributed by atoms with Gasteiger partial charge in [-0.1, -0.05) is 6.07 Å². The monoisotopic (exact) mass is 398 g/mol. The zero-order chi connectivity index (χ0) is 19.8. The molecule has 1 aromatic heterocycles. The first-order valence-corrected chi connectivity index (χ1v) is 9.73. The van der Waals surface area contributed by atoms with Gasteiger partial charge in [0.25, 0.3) is 5.91 Å². The van der Waals surface area contributed by atoms with Crippen LogP contribution in [0.2, 0.25) is 0 Å². The van der Waals surface area contributed by atoms with E-state index in [1.54, 1.807) is 44.0 Å². The Kier molecular flexibility index (Phi) is 6.86. The molecular weight excluding hydrogens is 376 g/mol. The number of carbonyl (C=O) groups is 1. The van der Waals surface area contributed by atoms with Crippen molar-refractivity contribution in [1.29, 1.82) is 0 Å². The number of hydrogen-bond acceptors (Lipinski definition) is 6. The summed E-state index contributed by atoms with van der Waals surface area (Å²) in [4.78, 5) is 16.5. The van der Waals surface area contributed by atoms with Gasteiger partial charge >= 0.3 is 0 Å². The van der Waals surface area contributed by atoms with E-state index < -0.39 is 0 Å². The minimum Gasteiger partial charge on any atom is -0.493 e. The van der Waals surface area contributed by atoms with Crippen molar-refractivity contribution in [3.63, 3.8) is 0 Å². The maximum Gasteiger partial charge on any atom is 0.251 e. The molecule has 0 fully saturated rings. The molecule has 6 nitrogen and oxygen atoms in total. The molecule has 1 heterocycles. The minimum absolute atomic E-state index is 0.119. The number of nitrogens with zero attached hydrogens (tertiary/aromatic N) is 1. The van der Waals surface area contributed by atoms with Crippen LogP contribution in [0, 0.1) is 0 Å². The van der Waals surface area contributed by atoms with Gasteiger partial charge in [0, 0.05) is 17.5 Å². The van der Waals surface area contributed by atoms with Crippen LogP contribution in [0.5, 0.6) is 17.2 Å². The van der Waals surface area contributed by atoms with Gasteiger partial charge in [0.1, 0.15) is 12.4 Å². The van der Waals surface area contributed by atoms with E-state index in [0.29, 0.717) is 42.4 Å². The third kappa shape index (κ3) is 5.23. The molecular formula is C21H22N2O4S. The van der Waals surface area contributed by atoms with Gasteiger partial charge < -0.3 is 19.5 Å². The molecule has 146 valence electrons. The molecule has 2 aromatic carbocycles. The van der Waals surface area contributed by atoms with E-state index in [-0.39, 0.29) is 5.91 Å². The van der Waals surface area contributed by atoms with Crippen molar-refractivity contribution in [3.05, 3.63) is 70.2 Å². The number of ether oxygens (including phenoxy) is 3. The molecule has 1 N–H and O–H groups in total. The second-order valence-electron chi connectivity index (χ2n) is 5.99. The Bertz CT molecular complexity index is 895. The maximum atomic E-state index is 12.3. The van der Waals surface area contributed by atoms with Crippen molar-refractivity contribution in [2.75, 3.05) is 20.8 Å². The molecule has 28 heavy (non-hydrogen) atoms. The molecule has 0 aliphatic rings. The zero-order valence-corrected chi connectivity index (χ0v) is 16.6. The van der Waals surface area contributed by atoms with Crippen molar-refractivity contribution in [3.8, 4) is 17.2 Å². The molecule has 3 aromatic rings. The first-order valence-electron chi connectivity index (χ1n) is 8.78. The van der Waals surface area contributed by atoms with Crippen LogP contribution in [-0.2, 0) is 13.0 Å². The Morgan fingerprint density at radius 2 is 1.86 bits per heavy atom. The van der Waals surface area contributed by atoms with E-state index in [0.717, 1.165) is 11.3 Å². The normalized spacial score (nSPS) is 10.4. The van der Waals surface area contributed by atoms with E-state index in [1.165, 1.54) is 11.3 Å². The lowest BCUT2D eigenvalue weighted by Gasteiger charge is -2.10. The Morgan fingerprint density at radius 3 is 2.54 bits per heavy atom. The summed E-state index contributed by atoms with van der Waals surface area (Å²) >= 11 is 1.53. The summed E-state index contributed by atoms with van der Waals surface area (Å²) in [5.41, 5.74) is 4.31. The Hall–Kier alpha value is -3.06. The summed E-state index contributed by atoms with van der Waals surface area (Å²) in [6, 6.07) is 12.8. The van der Waals surface area contributed by atoms with E-state index in [9.17, 15) is 4.79 Å². The number of nitrogens with one attached hydrogen (secondary N) is 1. The van der Waals surface area contributed by atoms with Gasteiger partial charge in [0.15, 0.2) is 11.5 Å². The quantitative estimate of drug-likeness (QED) is 0.595. The average molecular weight is 398 g/mol. The third-order valence-corrected chi connectivity index (χ3v) is 4.77. The van der Waals surface area contributed by atoms with Gasteiger partial charge in [-0.3, -0.25) is 4.79 Å². The predicted molar refractivity (Wildman–Crippen MR) is 108 cm³/mol. The summed E-state index contributed by atoms with van der Waals surface area (Å²) < 4.78 is 16.2. The van der Waals surface area contributed by atoms with Gasteiger partial charge in [0.2, 0.25) is 0 Å². The number of hydrogen-bond donors (Lipinski definition) is 1. The van der Waals surface area contributed by atoms with Crippen LogP contribution >= 0.6 is 11.3 Å². The number of aromatic nitrogens is 1. The van der Waals surface area contributed by atoms with Crippen LogP contribution in [0.1, 0.15) is 21.6 Å². The first-order chi connectivity index (χ1) is 13.7. The number of thiazole rings is 1. The van der Waals surface area contributed by atoms with Crippen molar-refractivity contribution in [1.82, 2.24) is 10.3 Å². The van der Waals surface area contributed by atoms with E-state index >= 15 is 0 Å². The number of benzene rings is 2. The molecule has 3 rings (SSSR count). The van der Waals surface area contributed by atoms with Gasteiger partial charge in [0.05, 0.1) is 25.4 Å². The van der Waals surface area contributed by atoms with Crippen molar-refractivity contribution >= 4 is 17.2 Å². The lowest BCUT2D eigenvalue weighted by molar-refractivity contribution is 0.0954. The van der Waals surface area contributed by atoms with Gasteiger partial charge in [-0.2, -0.15) is 0 Å². The van der Waals surface area contributed by atoms with E-state index in [1.807, 2.05) is 23.6 Å². The predicted octanol–water partition coefficient (Wildman–Crippen LogP) is 3.71. The van der Waals surface area contributed by atoms with E-state index in [2.05, 4.69) is 10.3 Å². The Labute approximate surface area is 168 Å². The fraction of sp³-hybridized carbons (Fsp3) is 0.238. The standard InChI is InChI=1S/C21H22N2O4S/c1-25-19-8-3-15(11-20(19)26-2)9-10-22-21(24)16-4-6-18(7-5-16)27-12-17-13-28-14-23-17/h3-8,11,13-14H,9-10,12H2,1-2H3,(H,22,24). The number of amides is 1. The zero-order valence-electron chi connectivity index (χ0n) is 15.8. The summed E-state index contributed by atoms with van der Waals surface area (Å²) in [5.74, 6) is 1.95. The molecule has 0 radical (unpaired) electrons. The van der Waals surface area contributed by atoms with Crippen LogP contribution < -0.4 is 19.5 Å². The van der Waals surface area contributed by atoms with Crippen molar-refractivity contribution in [2.45, 2.75) is 13.0 Å². The molecule has 0 bridgehead atoms. The second kappa shape index (κ2) is 9.75. The van der Waals surface area contributed by atoms with Crippen LogP contribution in [0.25, 0.3) is 0 Å². The molecule has 0 saturated heterocycles. The van der Waals surface area contributed by atoms with Gasteiger partial charge in [-0.05, 0) is 48.4 Å². The molecule has 1 amide bonds. The molecule has 7 heteroatoms. The van der Waals surface area contributed by atoms with Crippen LogP contribution in [0.15, 0.2) is 53.4 Å². The summed E-state index contributed by atoms with van der Waals surface area (Å²) in [6.45, 7) is 0.941. The summed E-state index contributed by atoms with van der Waals surface area (Å²) in [5, 5.41) is 4.87. The number of rotatable bonds is 9. The SMILES string of the molecule is COc1ccc(CCNC(=O)c2ccc(OCc3cscn3)cc2)cc1OC. The molecule has 0 spiro atoms. The maximum absolute atomic E-state index is 12.3. The topological polar surface area (TPSA) is 69.7 Å². The first kappa shape index (κ1) is 19.7. The average Bonchev–Trinajstić information content (AvgIpc) is 3.26. The lowest BCUT2D eigenvalue weighted by Crippen LogP contribution is -2.25. The molecule has 0 unspecified atom stereocenters. The van der Waals surface area contributed by atoms with Crippen molar-refractivity contribution < 1.29 is 19.0 Å². The highest BCUT2D eigenvalue weighted by atomic mass is 32.1. The smallest absolute Gasteiger partial charge is 0.251 e. The Balaban J connectivity index is 1.48. The second-order valence-corrected chi connectivity index (χ2v) is 6.71. The number of methoxy groups -OCH3 is 2. The molecule has 0 aliphatic heterocycles. The largest absolute Gasteiger partial charge is 0.493 e.